The summed E-state index contributed by atoms with van der Waals surface area (Å²) in [5, 5.41) is 9.46. The van der Waals surface area contributed by atoms with Gasteiger partial charge in [-0.1, -0.05) is 53.8 Å². The first-order chi connectivity index (χ1) is 14.8. The maximum Gasteiger partial charge on any atom is 0.305 e. The van der Waals surface area contributed by atoms with Crippen molar-refractivity contribution >= 4 is 73.8 Å². The predicted molar refractivity (Wildman–Crippen MR) is 129 cm³/mol. The van der Waals surface area contributed by atoms with Gasteiger partial charge >= 0.3 is 5.97 Å². The summed E-state index contributed by atoms with van der Waals surface area (Å²) < 4.78 is 12.4. The number of thioether (sulfide) groups is 1. The third-order valence-electron chi connectivity index (χ3n) is 4.30. The Morgan fingerprint density at radius 2 is 2.10 bits per heavy atom. The average Bonchev–Trinajstić information content (AvgIpc) is 2.98. The summed E-state index contributed by atoms with van der Waals surface area (Å²) in [6, 6.07) is 10.9. The van der Waals surface area contributed by atoms with Gasteiger partial charge in [0.1, 0.15) is 10.9 Å². The van der Waals surface area contributed by atoms with Gasteiger partial charge in [-0.2, -0.15) is 0 Å². The molecule has 0 saturated carbocycles. The molecular formula is C21H17BrClNO5S2. The number of carboxylic acids is 1. The number of methoxy groups -OCH3 is 1. The van der Waals surface area contributed by atoms with E-state index in [2.05, 4.69) is 15.9 Å². The van der Waals surface area contributed by atoms with E-state index in [4.69, 9.17) is 38.4 Å². The first kappa shape index (κ1) is 23.6. The Labute approximate surface area is 202 Å². The Morgan fingerprint density at radius 1 is 1.35 bits per heavy atom. The second-order valence-corrected chi connectivity index (χ2v) is 9.33. The number of thiocarbonyl (C=S) groups is 1. The van der Waals surface area contributed by atoms with Crippen LogP contribution in [-0.2, 0) is 16.2 Å². The number of halogens is 2. The maximum atomic E-state index is 12.6. The molecule has 1 amide bonds. The number of aliphatic carboxylic acids is 1. The number of benzene rings is 2. The van der Waals surface area contributed by atoms with E-state index in [0.717, 1.165) is 17.3 Å². The highest BCUT2D eigenvalue weighted by Gasteiger charge is 2.32. The van der Waals surface area contributed by atoms with E-state index in [1.807, 2.05) is 18.2 Å². The maximum absolute atomic E-state index is 12.6. The SMILES string of the molecule is COc1cc(/C=C2\SC(=S)N(CCC(=O)O)C2=O)cc(Br)c1OCc1ccccc1Cl. The summed E-state index contributed by atoms with van der Waals surface area (Å²) in [7, 11) is 1.53. The van der Waals surface area contributed by atoms with Gasteiger partial charge in [0.2, 0.25) is 0 Å². The van der Waals surface area contributed by atoms with Crippen LogP contribution in [0.5, 0.6) is 11.5 Å². The van der Waals surface area contributed by atoms with Crippen LogP contribution >= 0.6 is 51.5 Å². The van der Waals surface area contributed by atoms with Crippen LogP contribution in [-0.4, -0.2) is 39.9 Å². The molecule has 0 bridgehead atoms. The van der Waals surface area contributed by atoms with Crippen LogP contribution in [0.3, 0.4) is 0 Å². The molecule has 6 nitrogen and oxygen atoms in total. The van der Waals surface area contributed by atoms with E-state index in [0.29, 0.717) is 35.8 Å². The number of nitrogens with zero attached hydrogens (tertiary/aromatic N) is 1. The molecule has 1 N–H and O–H groups in total. The zero-order chi connectivity index (χ0) is 22.5. The highest BCUT2D eigenvalue weighted by Crippen LogP contribution is 2.39. The molecule has 0 spiro atoms. The quantitative estimate of drug-likeness (QED) is 0.355. The van der Waals surface area contributed by atoms with Gasteiger partial charge < -0.3 is 14.6 Å². The summed E-state index contributed by atoms with van der Waals surface area (Å²) in [6.07, 6.45) is 1.52. The highest BCUT2D eigenvalue weighted by atomic mass is 79.9. The molecule has 2 aromatic rings. The van der Waals surface area contributed by atoms with Crippen molar-refractivity contribution in [1.29, 1.82) is 0 Å². The number of carbonyl (C=O) groups is 2. The summed E-state index contributed by atoms with van der Waals surface area (Å²) in [4.78, 5) is 25.1. The van der Waals surface area contributed by atoms with Crippen LogP contribution in [0, 0.1) is 0 Å². The largest absolute Gasteiger partial charge is 0.493 e. The Morgan fingerprint density at radius 3 is 2.77 bits per heavy atom. The average molecular weight is 543 g/mol. The standard InChI is InChI=1S/C21H17BrClNO5S2/c1-28-16-9-12(10-17-20(27)24(21(30)31-17)7-6-18(25)26)8-14(22)19(16)29-11-13-4-2-3-5-15(13)23/h2-5,8-10H,6-7,11H2,1H3,(H,25,26)/b17-10-. The Kier molecular flexibility index (Phi) is 7.99. The lowest BCUT2D eigenvalue weighted by molar-refractivity contribution is -0.137. The van der Waals surface area contributed by atoms with Crippen LogP contribution in [0.2, 0.25) is 5.02 Å². The molecule has 0 atom stereocenters. The van der Waals surface area contributed by atoms with E-state index >= 15 is 0 Å². The van der Waals surface area contributed by atoms with Crippen LogP contribution in [0.25, 0.3) is 6.08 Å². The summed E-state index contributed by atoms with van der Waals surface area (Å²) in [6.45, 7) is 0.301. The lowest BCUT2D eigenvalue weighted by Crippen LogP contribution is -2.30. The molecule has 1 heterocycles. The molecule has 3 rings (SSSR count). The predicted octanol–water partition coefficient (Wildman–Crippen LogP) is 5.37. The monoisotopic (exact) mass is 541 g/mol. The van der Waals surface area contributed by atoms with Gasteiger partial charge in [0.15, 0.2) is 11.5 Å². The molecule has 1 fully saturated rings. The first-order valence-corrected chi connectivity index (χ1v) is 11.4. The zero-order valence-electron chi connectivity index (χ0n) is 16.3. The van der Waals surface area contributed by atoms with Gasteiger partial charge in [0, 0.05) is 17.1 Å². The fraction of sp³-hybridized carbons (Fsp3) is 0.190. The second kappa shape index (κ2) is 10.5. The van der Waals surface area contributed by atoms with E-state index in [1.54, 1.807) is 24.3 Å². The van der Waals surface area contributed by atoms with Crippen molar-refractivity contribution in [3.63, 3.8) is 0 Å². The smallest absolute Gasteiger partial charge is 0.305 e. The number of hydrogen-bond donors (Lipinski definition) is 1. The van der Waals surface area contributed by atoms with E-state index in [1.165, 1.54) is 12.0 Å². The molecule has 0 unspecified atom stereocenters. The van der Waals surface area contributed by atoms with Crippen LogP contribution in [0.15, 0.2) is 45.8 Å². The van der Waals surface area contributed by atoms with Crippen molar-refractivity contribution in [1.82, 2.24) is 4.90 Å². The Hall–Kier alpha value is -2.07. The summed E-state index contributed by atoms with van der Waals surface area (Å²) in [5.41, 5.74) is 1.54. The number of amides is 1. The minimum Gasteiger partial charge on any atom is -0.493 e. The first-order valence-electron chi connectivity index (χ1n) is 9.01. The van der Waals surface area contributed by atoms with Crippen molar-refractivity contribution in [2.75, 3.05) is 13.7 Å². The van der Waals surface area contributed by atoms with Crippen molar-refractivity contribution < 1.29 is 24.2 Å². The van der Waals surface area contributed by atoms with Crippen LogP contribution in [0.4, 0.5) is 0 Å². The van der Waals surface area contributed by atoms with Gasteiger partial charge in [-0.25, -0.2) is 0 Å². The minimum atomic E-state index is -0.987. The molecule has 31 heavy (non-hydrogen) atoms. The molecule has 0 aliphatic carbocycles. The number of carboxylic acid groups (broad SMARTS) is 1. The third-order valence-corrected chi connectivity index (χ3v) is 6.64. The normalized spacial score (nSPS) is 14.9. The third kappa shape index (κ3) is 5.79. The van der Waals surface area contributed by atoms with Crippen molar-refractivity contribution in [3.05, 3.63) is 61.9 Å². The van der Waals surface area contributed by atoms with Crippen LogP contribution < -0.4 is 9.47 Å². The van der Waals surface area contributed by atoms with Gasteiger partial charge in [-0.05, 0) is 45.8 Å². The number of ether oxygens (including phenoxy) is 2. The topological polar surface area (TPSA) is 76.1 Å². The molecule has 1 saturated heterocycles. The molecule has 1 aliphatic rings. The van der Waals surface area contributed by atoms with Gasteiger partial charge in [0.25, 0.3) is 5.91 Å². The number of carbonyl (C=O) groups excluding carboxylic acids is 1. The molecule has 0 radical (unpaired) electrons. The molecule has 10 heteroatoms. The lowest BCUT2D eigenvalue weighted by Gasteiger charge is -2.14. The fourth-order valence-electron chi connectivity index (χ4n) is 2.78. The zero-order valence-corrected chi connectivity index (χ0v) is 20.2. The Bertz CT molecular complexity index is 1080. The molecular weight excluding hydrogens is 526 g/mol. The second-order valence-electron chi connectivity index (χ2n) is 6.39. The van der Waals surface area contributed by atoms with E-state index < -0.39 is 5.97 Å². The lowest BCUT2D eigenvalue weighted by atomic mass is 10.1. The van der Waals surface area contributed by atoms with Crippen molar-refractivity contribution in [2.24, 2.45) is 0 Å². The van der Waals surface area contributed by atoms with E-state index in [-0.39, 0.29) is 25.5 Å². The van der Waals surface area contributed by atoms with E-state index in [9.17, 15) is 9.59 Å². The molecule has 1 aliphatic heterocycles. The molecule has 162 valence electrons. The minimum absolute atomic E-state index is 0.0409. The van der Waals surface area contributed by atoms with Gasteiger partial charge in [0.05, 0.1) is 22.9 Å². The molecule has 0 aromatic heterocycles. The van der Waals surface area contributed by atoms with Crippen LogP contribution in [0.1, 0.15) is 17.5 Å². The highest BCUT2D eigenvalue weighted by molar-refractivity contribution is 9.10. The molecule has 2 aromatic carbocycles. The fourth-order valence-corrected chi connectivity index (χ4v) is 4.85. The van der Waals surface area contributed by atoms with Crippen molar-refractivity contribution in [2.45, 2.75) is 13.0 Å². The van der Waals surface area contributed by atoms with Gasteiger partial charge in [-0.15, -0.1) is 0 Å². The summed E-state index contributed by atoms with van der Waals surface area (Å²) in [5.74, 6) is -0.313. The van der Waals surface area contributed by atoms with Gasteiger partial charge in [-0.3, -0.25) is 14.5 Å². The Balaban J connectivity index is 1.81. The number of rotatable bonds is 8. The van der Waals surface area contributed by atoms with Crippen molar-refractivity contribution in [3.8, 4) is 11.5 Å². The summed E-state index contributed by atoms with van der Waals surface area (Å²) >= 11 is 16.0. The number of hydrogen-bond acceptors (Lipinski definition) is 6.